The molecule has 1 aliphatic heterocycles. The molecule has 1 aromatic carbocycles. The van der Waals surface area contributed by atoms with E-state index in [-0.39, 0.29) is 11.9 Å². The molecule has 0 bridgehead atoms. The summed E-state index contributed by atoms with van der Waals surface area (Å²) in [6, 6.07) is 7.85. The molecule has 2 aliphatic rings. The van der Waals surface area contributed by atoms with Crippen molar-refractivity contribution in [1.29, 1.82) is 0 Å². The average molecular weight is 328 g/mol. The number of allylic oxidation sites excluding steroid dienone is 3. The number of carbonyl (C=O) groups excluding carboxylic acids is 1. The molecule has 1 aliphatic carbocycles. The molecule has 0 spiro atoms. The minimum Gasteiger partial charge on any atom is -0.497 e. The second-order valence-electron chi connectivity index (χ2n) is 5.69. The van der Waals surface area contributed by atoms with Crippen molar-refractivity contribution in [3.63, 3.8) is 0 Å². The highest BCUT2D eigenvalue weighted by atomic mass is 32.1. The Kier molecular flexibility index (Phi) is 4.88. The maximum atomic E-state index is 11.9. The van der Waals surface area contributed by atoms with Gasteiger partial charge in [0.05, 0.1) is 13.2 Å². The van der Waals surface area contributed by atoms with Gasteiger partial charge in [0.15, 0.2) is 0 Å². The lowest BCUT2D eigenvalue weighted by Gasteiger charge is -2.37. The van der Waals surface area contributed by atoms with Crippen molar-refractivity contribution in [3.8, 4) is 5.75 Å². The number of ether oxygens (including phenoxy) is 1. The van der Waals surface area contributed by atoms with Crippen LogP contribution in [0, 0.1) is 0 Å². The zero-order valence-corrected chi connectivity index (χ0v) is 13.9. The zero-order valence-electron chi connectivity index (χ0n) is 13.1. The topological polar surface area (TPSA) is 41.6 Å². The van der Waals surface area contributed by atoms with Crippen LogP contribution in [0.5, 0.6) is 5.75 Å². The Morgan fingerprint density at radius 3 is 3.00 bits per heavy atom. The Labute approximate surface area is 141 Å². The van der Waals surface area contributed by atoms with E-state index >= 15 is 0 Å². The number of rotatable bonds is 4. The van der Waals surface area contributed by atoms with Crippen molar-refractivity contribution in [2.75, 3.05) is 13.7 Å². The Morgan fingerprint density at radius 2 is 2.26 bits per heavy atom. The van der Waals surface area contributed by atoms with E-state index in [1.807, 2.05) is 29.3 Å². The van der Waals surface area contributed by atoms with Crippen LogP contribution in [-0.2, 0) is 4.79 Å². The molecule has 0 aromatic heterocycles. The Bertz CT molecular complexity index is 681. The molecule has 5 heteroatoms. The van der Waals surface area contributed by atoms with Gasteiger partial charge in [-0.2, -0.15) is 0 Å². The van der Waals surface area contributed by atoms with E-state index in [0.717, 1.165) is 41.1 Å². The summed E-state index contributed by atoms with van der Waals surface area (Å²) in [5.41, 5.74) is 5.13. The molecule has 1 unspecified atom stereocenters. The number of nitrogens with zero attached hydrogens (tertiary/aromatic N) is 1. The SMILES string of the molecule is COc1cccc(C(C2=CC=CCC2=S)N2CCCC(=O)N2)c1. The van der Waals surface area contributed by atoms with Crippen LogP contribution in [0.15, 0.2) is 48.1 Å². The lowest BCUT2D eigenvalue weighted by atomic mass is 9.91. The van der Waals surface area contributed by atoms with Gasteiger partial charge in [0.25, 0.3) is 0 Å². The predicted octanol–water partition coefficient (Wildman–Crippen LogP) is 3.12. The first-order chi connectivity index (χ1) is 11.2. The van der Waals surface area contributed by atoms with E-state index in [9.17, 15) is 4.79 Å². The number of methoxy groups -OCH3 is 1. The molecule has 1 heterocycles. The van der Waals surface area contributed by atoms with Gasteiger partial charge >= 0.3 is 0 Å². The normalized spacial score (nSPS) is 20.0. The van der Waals surface area contributed by atoms with Crippen molar-refractivity contribution in [2.45, 2.75) is 25.3 Å². The largest absolute Gasteiger partial charge is 0.497 e. The number of hydrogen-bond donors (Lipinski definition) is 1. The fourth-order valence-corrected chi connectivity index (χ4v) is 3.29. The molecule has 1 aromatic rings. The molecular formula is C18H20N2O2S. The van der Waals surface area contributed by atoms with Crippen molar-refractivity contribution in [2.24, 2.45) is 0 Å². The van der Waals surface area contributed by atoms with Crippen LogP contribution < -0.4 is 10.2 Å². The van der Waals surface area contributed by atoms with E-state index in [2.05, 4.69) is 23.6 Å². The first-order valence-corrected chi connectivity index (χ1v) is 8.20. The van der Waals surface area contributed by atoms with E-state index in [1.165, 1.54) is 0 Å². The fraction of sp³-hybridized carbons (Fsp3) is 0.333. The van der Waals surface area contributed by atoms with Gasteiger partial charge in [0.1, 0.15) is 5.75 Å². The molecule has 1 amide bonds. The second kappa shape index (κ2) is 7.06. The van der Waals surface area contributed by atoms with Gasteiger partial charge in [-0.15, -0.1) is 0 Å². The van der Waals surface area contributed by atoms with Crippen molar-refractivity contribution >= 4 is 23.0 Å². The van der Waals surface area contributed by atoms with Gasteiger partial charge in [-0.3, -0.25) is 10.2 Å². The van der Waals surface area contributed by atoms with E-state index in [0.29, 0.717) is 6.42 Å². The number of hydrazine groups is 1. The van der Waals surface area contributed by atoms with E-state index < -0.39 is 0 Å². The molecule has 120 valence electrons. The highest BCUT2D eigenvalue weighted by Crippen LogP contribution is 2.33. The molecule has 0 saturated carbocycles. The second-order valence-corrected chi connectivity index (χ2v) is 6.18. The lowest BCUT2D eigenvalue weighted by Crippen LogP contribution is -2.49. The summed E-state index contributed by atoms with van der Waals surface area (Å²) in [6.45, 7) is 0.803. The fourth-order valence-electron chi connectivity index (χ4n) is 3.02. The van der Waals surface area contributed by atoms with E-state index in [4.69, 9.17) is 17.0 Å². The maximum Gasteiger partial charge on any atom is 0.234 e. The first-order valence-electron chi connectivity index (χ1n) is 7.79. The van der Waals surface area contributed by atoms with Crippen LogP contribution in [0.4, 0.5) is 0 Å². The molecule has 0 radical (unpaired) electrons. The molecule has 1 N–H and O–H groups in total. The monoisotopic (exact) mass is 328 g/mol. The third-order valence-corrected chi connectivity index (χ3v) is 4.53. The quantitative estimate of drug-likeness (QED) is 0.862. The summed E-state index contributed by atoms with van der Waals surface area (Å²) >= 11 is 5.57. The number of amides is 1. The summed E-state index contributed by atoms with van der Waals surface area (Å²) in [7, 11) is 1.66. The van der Waals surface area contributed by atoms with Crippen molar-refractivity contribution < 1.29 is 9.53 Å². The third-order valence-electron chi connectivity index (χ3n) is 4.12. The van der Waals surface area contributed by atoms with Crippen LogP contribution in [0.25, 0.3) is 0 Å². The summed E-state index contributed by atoms with van der Waals surface area (Å²) in [4.78, 5) is 12.8. The number of benzene rings is 1. The van der Waals surface area contributed by atoms with Crippen LogP contribution in [0.3, 0.4) is 0 Å². The lowest BCUT2D eigenvalue weighted by molar-refractivity contribution is -0.129. The number of thiocarbonyl (C=S) groups is 1. The van der Waals surface area contributed by atoms with Crippen LogP contribution in [0.2, 0.25) is 0 Å². The molecule has 4 nitrogen and oxygen atoms in total. The molecule has 1 atom stereocenters. The van der Waals surface area contributed by atoms with Crippen LogP contribution >= 0.6 is 12.2 Å². The average Bonchev–Trinajstić information content (AvgIpc) is 2.57. The first kappa shape index (κ1) is 15.9. The minimum absolute atomic E-state index is 0.0574. The summed E-state index contributed by atoms with van der Waals surface area (Å²) in [5.74, 6) is 0.857. The highest BCUT2D eigenvalue weighted by Gasteiger charge is 2.30. The standard InChI is InChI=1S/C18H20N2O2S/c1-22-14-7-4-6-13(12-14)18(15-8-2-3-9-16(15)23)20-11-5-10-17(21)19-20/h2-4,6-8,12,18H,5,9-11H2,1H3,(H,19,21). The van der Waals surface area contributed by atoms with Crippen LogP contribution in [-0.4, -0.2) is 29.4 Å². The summed E-state index contributed by atoms with van der Waals surface area (Å²) in [6.07, 6.45) is 8.33. The van der Waals surface area contributed by atoms with Crippen molar-refractivity contribution in [3.05, 3.63) is 53.6 Å². The zero-order chi connectivity index (χ0) is 16.2. The Balaban J connectivity index is 2.01. The predicted molar refractivity (Wildman–Crippen MR) is 94.3 cm³/mol. The number of carbonyl (C=O) groups is 1. The van der Waals surface area contributed by atoms with Crippen LogP contribution in [0.1, 0.15) is 30.9 Å². The highest BCUT2D eigenvalue weighted by molar-refractivity contribution is 7.80. The summed E-state index contributed by atoms with van der Waals surface area (Å²) < 4.78 is 5.36. The molecule has 1 fully saturated rings. The maximum absolute atomic E-state index is 11.9. The van der Waals surface area contributed by atoms with Gasteiger partial charge in [-0.05, 0) is 29.7 Å². The van der Waals surface area contributed by atoms with Gasteiger partial charge in [0.2, 0.25) is 5.91 Å². The van der Waals surface area contributed by atoms with Gasteiger partial charge in [0, 0.05) is 24.3 Å². The Hall–Kier alpha value is -1.98. The van der Waals surface area contributed by atoms with E-state index in [1.54, 1.807) is 7.11 Å². The molecule has 3 rings (SSSR count). The minimum atomic E-state index is -0.0909. The molecule has 1 saturated heterocycles. The smallest absolute Gasteiger partial charge is 0.234 e. The van der Waals surface area contributed by atoms with Gasteiger partial charge in [-0.25, -0.2) is 5.01 Å². The molecular weight excluding hydrogens is 308 g/mol. The van der Waals surface area contributed by atoms with Crippen molar-refractivity contribution in [1.82, 2.24) is 10.4 Å². The third kappa shape index (κ3) is 3.51. The Morgan fingerprint density at radius 1 is 1.39 bits per heavy atom. The number of nitrogens with one attached hydrogen (secondary N) is 1. The van der Waals surface area contributed by atoms with Gasteiger partial charge in [-0.1, -0.05) is 42.6 Å². The number of hydrogen-bond acceptors (Lipinski definition) is 4. The summed E-state index contributed by atoms with van der Waals surface area (Å²) in [5, 5.41) is 2.00. The molecule has 23 heavy (non-hydrogen) atoms. The van der Waals surface area contributed by atoms with Gasteiger partial charge < -0.3 is 4.74 Å².